The molecule has 0 aliphatic carbocycles. The average Bonchev–Trinajstić information content (AvgIpc) is 2.27. The predicted molar refractivity (Wildman–Crippen MR) is 60.3 cm³/mol. The maximum atomic E-state index is 11.0. The third-order valence-corrected chi connectivity index (χ3v) is 3.27. The molecule has 0 spiro atoms. The second-order valence-electron chi connectivity index (χ2n) is 4.24. The van der Waals surface area contributed by atoms with Gasteiger partial charge >= 0.3 is 0 Å². The lowest BCUT2D eigenvalue weighted by Crippen LogP contribution is -2.55. The quantitative estimate of drug-likeness (QED) is 0.618. The van der Waals surface area contributed by atoms with Crippen LogP contribution in [0.4, 0.5) is 0 Å². The van der Waals surface area contributed by atoms with E-state index < -0.39 is 0 Å². The number of carbonyl (C=O) groups excluding carboxylic acids is 1. The van der Waals surface area contributed by atoms with Crippen LogP contribution in [0, 0.1) is 0 Å². The fraction of sp³-hybridized carbons (Fsp3) is 0.900. The summed E-state index contributed by atoms with van der Waals surface area (Å²) in [6.45, 7) is 8.41. The molecule has 1 saturated heterocycles. The molecule has 0 aromatic heterocycles. The summed E-state index contributed by atoms with van der Waals surface area (Å²) in [6, 6.07) is 0.274. The molecule has 2 atom stereocenters. The van der Waals surface area contributed by atoms with Crippen LogP contribution in [0.1, 0.15) is 13.8 Å². The van der Waals surface area contributed by atoms with Crippen molar-refractivity contribution in [3.05, 3.63) is 0 Å². The zero-order valence-electron chi connectivity index (χ0n) is 9.65. The van der Waals surface area contributed by atoms with Crippen LogP contribution in [-0.2, 0) is 4.79 Å². The molecule has 0 saturated carbocycles. The van der Waals surface area contributed by atoms with Crippen molar-refractivity contribution in [3.8, 4) is 0 Å². The van der Waals surface area contributed by atoms with Crippen LogP contribution in [-0.4, -0.2) is 60.5 Å². The first-order chi connectivity index (χ1) is 7.06. The Morgan fingerprint density at radius 1 is 1.20 bits per heavy atom. The summed E-state index contributed by atoms with van der Waals surface area (Å²) in [5.74, 6) is -0.240. The molecule has 0 aromatic rings. The van der Waals surface area contributed by atoms with Crippen molar-refractivity contribution in [2.24, 2.45) is 11.5 Å². The van der Waals surface area contributed by atoms with Crippen LogP contribution in [0.25, 0.3) is 0 Å². The first-order valence-corrected chi connectivity index (χ1v) is 5.53. The Labute approximate surface area is 91.4 Å². The number of nitrogens with two attached hydrogens (primary N) is 2. The minimum atomic E-state index is -0.240. The summed E-state index contributed by atoms with van der Waals surface area (Å²) in [5.41, 5.74) is 10.9. The molecule has 1 aliphatic heterocycles. The van der Waals surface area contributed by atoms with Crippen molar-refractivity contribution in [1.29, 1.82) is 0 Å². The van der Waals surface area contributed by atoms with E-state index >= 15 is 0 Å². The van der Waals surface area contributed by atoms with Gasteiger partial charge in [-0.3, -0.25) is 14.6 Å². The zero-order valence-corrected chi connectivity index (χ0v) is 9.65. The van der Waals surface area contributed by atoms with Gasteiger partial charge in [-0.15, -0.1) is 0 Å². The topological polar surface area (TPSA) is 75.6 Å². The summed E-state index contributed by atoms with van der Waals surface area (Å²) in [4.78, 5) is 15.5. The molecule has 88 valence electrons. The van der Waals surface area contributed by atoms with Crippen molar-refractivity contribution in [2.45, 2.75) is 25.9 Å². The van der Waals surface area contributed by atoms with Crippen molar-refractivity contribution < 1.29 is 4.79 Å². The van der Waals surface area contributed by atoms with Gasteiger partial charge in [0.25, 0.3) is 0 Å². The van der Waals surface area contributed by atoms with Crippen molar-refractivity contribution in [1.82, 2.24) is 9.80 Å². The molecule has 15 heavy (non-hydrogen) atoms. The number of carbonyl (C=O) groups is 1. The van der Waals surface area contributed by atoms with E-state index in [1.807, 2.05) is 6.92 Å². The summed E-state index contributed by atoms with van der Waals surface area (Å²) < 4.78 is 0. The van der Waals surface area contributed by atoms with Gasteiger partial charge < -0.3 is 11.5 Å². The van der Waals surface area contributed by atoms with E-state index in [0.717, 1.165) is 26.2 Å². The fourth-order valence-electron chi connectivity index (χ4n) is 1.89. The van der Waals surface area contributed by atoms with Crippen molar-refractivity contribution in [2.75, 3.05) is 32.7 Å². The number of hydrogen-bond acceptors (Lipinski definition) is 4. The van der Waals surface area contributed by atoms with Crippen LogP contribution < -0.4 is 11.5 Å². The second-order valence-corrected chi connectivity index (χ2v) is 4.24. The van der Waals surface area contributed by atoms with Gasteiger partial charge in [0.15, 0.2) is 0 Å². The molecule has 5 heteroatoms. The fourth-order valence-corrected chi connectivity index (χ4v) is 1.89. The standard InChI is InChI=1S/C10H22N4O/c1-8(7-11)13-3-5-14(6-4-13)9(2)10(12)15/h8-9H,3-7,11H2,1-2H3,(H2,12,15). The van der Waals surface area contributed by atoms with E-state index in [0.29, 0.717) is 12.6 Å². The first kappa shape index (κ1) is 12.4. The van der Waals surface area contributed by atoms with Gasteiger partial charge in [0, 0.05) is 38.8 Å². The van der Waals surface area contributed by atoms with Crippen LogP contribution in [0.2, 0.25) is 0 Å². The highest BCUT2D eigenvalue weighted by molar-refractivity contribution is 5.79. The van der Waals surface area contributed by atoms with E-state index in [4.69, 9.17) is 11.5 Å². The molecular formula is C10H22N4O. The largest absolute Gasteiger partial charge is 0.368 e. The normalized spacial score (nSPS) is 23.7. The molecule has 1 amide bonds. The van der Waals surface area contributed by atoms with Crippen LogP contribution in [0.3, 0.4) is 0 Å². The number of rotatable bonds is 4. The van der Waals surface area contributed by atoms with E-state index in [1.165, 1.54) is 0 Å². The summed E-state index contributed by atoms with van der Waals surface area (Å²) in [7, 11) is 0. The van der Waals surface area contributed by atoms with Gasteiger partial charge in [-0.25, -0.2) is 0 Å². The van der Waals surface area contributed by atoms with Crippen LogP contribution in [0.5, 0.6) is 0 Å². The monoisotopic (exact) mass is 214 g/mol. The lowest BCUT2D eigenvalue weighted by molar-refractivity contribution is -0.123. The molecule has 0 aromatic carbocycles. The zero-order chi connectivity index (χ0) is 11.4. The van der Waals surface area contributed by atoms with E-state index in [9.17, 15) is 4.79 Å². The molecule has 1 fully saturated rings. The molecule has 1 heterocycles. The molecule has 1 rings (SSSR count). The molecule has 5 nitrogen and oxygen atoms in total. The predicted octanol–water partition coefficient (Wildman–Crippen LogP) is -1.17. The average molecular weight is 214 g/mol. The lowest BCUT2D eigenvalue weighted by Gasteiger charge is -2.39. The first-order valence-electron chi connectivity index (χ1n) is 5.53. The summed E-state index contributed by atoms with van der Waals surface area (Å²) >= 11 is 0. The SMILES string of the molecule is CC(CN)N1CCN(C(C)C(N)=O)CC1. The minimum absolute atomic E-state index is 0.152. The number of nitrogens with zero attached hydrogens (tertiary/aromatic N) is 2. The Morgan fingerprint density at radius 2 is 1.67 bits per heavy atom. The second kappa shape index (κ2) is 5.44. The maximum Gasteiger partial charge on any atom is 0.234 e. The molecule has 0 bridgehead atoms. The molecule has 0 radical (unpaired) electrons. The Morgan fingerprint density at radius 3 is 2.07 bits per heavy atom. The van der Waals surface area contributed by atoms with Gasteiger partial charge in [-0.1, -0.05) is 0 Å². The Kier molecular flexibility index (Phi) is 4.50. The smallest absolute Gasteiger partial charge is 0.234 e. The minimum Gasteiger partial charge on any atom is -0.368 e. The Bertz CT molecular complexity index is 213. The number of primary amides is 1. The third kappa shape index (κ3) is 3.15. The van der Waals surface area contributed by atoms with E-state index in [-0.39, 0.29) is 11.9 Å². The number of hydrogen-bond donors (Lipinski definition) is 2. The highest BCUT2D eigenvalue weighted by Crippen LogP contribution is 2.08. The van der Waals surface area contributed by atoms with E-state index in [2.05, 4.69) is 16.7 Å². The molecule has 4 N–H and O–H groups in total. The highest BCUT2D eigenvalue weighted by atomic mass is 16.1. The van der Waals surface area contributed by atoms with E-state index in [1.54, 1.807) is 0 Å². The van der Waals surface area contributed by atoms with Crippen molar-refractivity contribution >= 4 is 5.91 Å². The van der Waals surface area contributed by atoms with Gasteiger partial charge in [0.2, 0.25) is 5.91 Å². The Hall–Kier alpha value is -0.650. The Balaban J connectivity index is 2.38. The molecule has 1 aliphatic rings. The highest BCUT2D eigenvalue weighted by Gasteiger charge is 2.25. The van der Waals surface area contributed by atoms with Crippen LogP contribution in [0.15, 0.2) is 0 Å². The third-order valence-electron chi connectivity index (χ3n) is 3.27. The van der Waals surface area contributed by atoms with Crippen molar-refractivity contribution in [3.63, 3.8) is 0 Å². The molecular weight excluding hydrogens is 192 g/mol. The summed E-state index contributed by atoms with van der Waals surface area (Å²) in [6.07, 6.45) is 0. The van der Waals surface area contributed by atoms with Crippen LogP contribution >= 0.6 is 0 Å². The summed E-state index contributed by atoms with van der Waals surface area (Å²) in [5, 5.41) is 0. The number of amides is 1. The van der Waals surface area contributed by atoms with Gasteiger partial charge in [0.1, 0.15) is 0 Å². The maximum absolute atomic E-state index is 11.0. The van der Waals surface area contributed by atoms with Gasteiger partial charge in [-0.05, 0) is 13.8 Å². The van der Waals surface area contributed by atoms with Gasteiger partial charge in [0.05, 0.1) is 6.04 Å². The van der Waals surface area contributed by atoms with Gasteiger partial charge in [-0.2, -0.15) is 0 Å². The lowest BCUT2D eigenvalue weighted by atomic mass is 10.2. The number of piperazine rings is 1. The molecule has 2 unspecified atom stereocenters.